The van der Waals surface area contributed by atoms with Crippen LogP contribution in [0.2, 0.25) is 0 Å². The number of amides is 1. The van der Waals surface area contributed by atoms with Crippen molar-refractivity contribution in [2.24, 2.45) is 10.7 Å². The lowest BCUT2D eigenvalue weighted by atomic mass is 10.1. The summed E-state index contributed by atoms with van der Waals surface area (Å²) in [5.74, 6) is 0.311. The van der Waals surface area contributed by atoms with E-state index in [0.717, 1.165) is 36.9 Å². The van der Waals surface area contributed by atoms with Gasteiger partial charge in [0.05, 0.1) is 6.61 Å². The average Bonchev–Trinajstić information content (AvgIpc) is 2.69. The molecule has 7 nitrogen and oxygen atoms in total. The summed E-state index contributed by atoms with van der Waals surface area (Å²) < 4.78 is 0. The van der Waals surface area contributed by atoms with E-state index in [0.29, 0.717) is 25.5 Å². The van der Waals surface area contributed by atoms with Crippen LogP contribution in [0.25, 0.3) is 0 Å². The minimum Gasteiger partial charge on any atom is -0.370 e. The third-order valence-electron chi connectivity index (χ3n) is 3.81. The number of hydrogen-bond donors (Lipinski definition) is 3. The Morgan fingerprint density at radius 1 is 1.04 bits per heavy atom. The van der Waals surface area contributed by atoms with E-state index < -0.39 is 0 Å². The summed E-state index contributed by atoms with van der Waals surface area (Å²) >= 11 is 0. The van der Waals surface area contributed by atoms with E-state index in [1.165, 1.54) is 0 Å². The van der Waals surface area contributed by atoms with Gasteiger partial charge in [0.1, 0.15) is 0 Å². The maximum atomic E-state index is 11.7. The van der Waals surface area contributed by atoms with Crippen LogP contribution in [0, 0.1) is 0 Å². The normalized spacial score (nSPS) is 11.2. The number of hydrogen-bond acceptors (Lipinski definition) is 4. The molecule has 7 heteroatoms. The summed E-state index contributed by atoms with van der Waals surface area (Å²) in [4.78, 5) is 25.1. The standard InChI is InChI=1S/C20H27N5O2/c21-20(24-18-11-14-22-15-12-18)23-13-7-2-1-6-10-19(26)25-27-16-17-8-4-3-5-9-17/h3-5,8-9,11-12,14-15H,1-2,6-7,10,13,16H2,(H,25,26)(H3,21,22,23,24). The molecule has 1 aromatic carbocycles. The van der Waals surface area contributed by atoms with Gasteiger partial charge < -0.3 is 11.1 Å². The van der Waals surface area contributed by atoms with Gasteiger partial charge in [-0.05, 0) is 30.5 Å². The zero-order valence-electron chi connectivity index (χ0n) is 15.4. The molecule has 0 atom stereocenters. The molecule has 2 aromatic rings. The summed E-state index contributed by atoms with van der Waals surface area (Å²) in [6.07, 6.45) is 7.59. The van der Waals surface area contributed by atoms with Crippen molar-refractivity contribution >= 4 is 17.6 Å². The number of carbonyl (C=O) groups excluding carboxylic acids is 1. The van der Waals surface area contributed by atoms with Crippen LogP contribution < -0.4 is 16.5 Å². The Morgan fingerprint density at radius 3 is 2.56 bits per heavy atom. The lowest BCUT2D eigenvalue weighted by Gasteiger charge is -2.06. The van der Waals surface area contributed by atoms with Crippen LogP contribution in [0.4, 0.5) is 5.69 Å². The molecule has 0 aliphatic heterocycles. The molecule has 0 saturated carbocycles. The first-order valence-electron chi connectivity index (χ1n) is 9.15. The minimum absolute atomic E-state index is 0.0882. The number of aliphatic imine (C=N–C) groups is 1. The summed E-state index contributed by atoms with van der Waals surface area (Å²) in [7, 11) is 0. The fourth-order valence-corrected chi connectivity index (χ4v) is 2.40. The fraction of sp³-hybridized carbons (Fsp3) is 0.350. The van der Waals surface area contributed by atoms with Crippen LogP contribution in [-0.4, -0.2) is 23.4 Å². The van der Waals surface area contributed by atoms with Gasteiger partial charge in [-0.3, -0.25) is 19.6 Å². The second kappa shape index (κ2) is 12.4. The van der Waals surface area contributed by atoms with Crippen LogP contribution in [0.3, 0.4) is 0 Å². The molecule has 0 radical (unpaired) electrons. The largest absolute Gasteiger partial charge is 0.370 e. The molecule has 27 heavy (non-hydrogen) atoms. The third-order valence-corrected chi connectivity index (χ3v) is 3.81. The van der Waals surface area contributed by atoms with Gasteiger partial charge in [-0.2, -0.15) is 0 Å². The number of rotatable bonds is 11. The molecule has 0 spiro atoms. The molecular weight excluding hydrogens is 342 g/mol. The van der Waals surface area contributed by atoms with E-state index in [4.69, 9.17) is 10.6 Å². The number of guanidine groups is 1. The molecule has 0 fully saturated rings. The second-order valence-corrected chi connectivity index (χ2v) is 6.09. The zero-order valence-corrected chi connectivity index (χ0v) is 15.4. The summed E-state index contributed by atoms with van der Waals surface area (Å²) in [6, 6.07) is 13.4. The Kier molecular flexibility index (Phi) is 9.38. The first-order chi connectivity index (χ1) is 13.2. The smallest absolute Gasteiger partial charge is 0.243 e. The van der Waals surface area contributed by atoms with E-state index in [9.17, 15) is 4.79 Å². The van der Waals surface area contributed by atoms with E-state index in [-0.39, 0.29) is 5.91 Å². The number of carbonyl (C=O) groups is 1. The van der Waals surface area contributed by atoms with Crippen molar-refractivity contribution in [1.82, 2.24) is 10.5 Å². The van der Waals surface area contributed by atoms with Crippen molar-refractivity contribution in [1.29, 1.82) is 0 Å². The molecule has 2 rings (SSSR count). The first-order valence-corrected chi connectivity index (χ1v) is 9.15. The minimum atomic E-state index is -0.0882. The Labute approximate surface area is 160 Å². The van der Waals surface area contributed by atoms with Crippen LogP contribution in [0.15, 0.2) is 59.9 Å². The molecule has 0 aliphatic rings. The quantitative estimate of drug-likeness (QED) is 0.245. The van der Waals surface area contributed by atoms with Crippen molar-refractivity contribution < 1.29 is 9.63 Å². The van der Waals surface area contributed by atoms with Crippen LogP contribution in [-0.2, 0) is 16.2 Å². The highest BCUT2D eigenvalue weighted by atomic mass is 16.6. The highest BCUT2D eigenvalue weighted by Gasteiger charge is 2.01. The SMILES string of the molecule is NC(=NCCCCCCC(=O)NOCc1ccccc1)Nc1ccncc1. The molecule has 0 unspecified atom stereocenters. The molecule has 4 N–H and O–H groups in total. The zero-order chi connectivity index (χ0) is 19.2. The van der Waals surface area contributed by atoms with Gasteiger partial charge in [0, 0.05) is 31.0 Å². The number of nitrogens with one attached hydrogen (secondary N) is 2. The Hall–Kier alpha value is -2.93. The highest BCUT2D eigenvalue weighted by molar-refractivity contribution is 5.92. The number of nitrogens with zero attached hydrogens (tertiary/aromatic N) is 2. The molecular formula is C20H27N5O2. The number of hydroxylamine groups is 1. The van der Waals surface area contributed by atoms with Gasteiger partial charge >= 0.3 is 0 Å². The lowest BCUT2D eigenvalue weighted by molar-refractivity contribution is -0.134. The highest BCUT2D eigenvalue weighted by Crippen LogP contribution is 2.05. The van der Waals surface area contributed by atoms with Crippen molar-refractivity contribution in [3.8, 4) is 0 Å². The average molecular weight is 369 g/mol. The van der Waals surface area contributed by atoms with E-state index in [1.54, 1.807) is 12.4 Å². The van der Waals surface area contributed by atoms with E-state index in [2.05, 4.69) is 20.8 Å². The summed E-state index contributed by atoms with van der Waals surface area (Å²) in [5, 5.41) is 3.01. The predicted molar refractivity (Wildman–Crippen MR) is 107 cm³/mol. The molecule has 1 amide bonds. The number of aromatic nitrogens is 1. The molecule has 0 saturated heterocycles. The van der Waals surface area contributed by atoms with Crippen molar-refractivity contribution in [3.63, 3.8) is 0 Å². The molecule has 1 aromatic heterocycles. The predicted octanol–water partition coefficient (Wildman–Crippen LogP) is 3.01. The molecule has 0 aliphatic carbocycles. The molecule has 144 valence electrons. The summed E-state index contributed by atoms with van der Waals surface area (Å²) in [5.41, 5.74) is 10.2. The third kappa shape index (κ3) is 9.37. The number of unbranched alkanes of at least 4 members (excludes halogenated alkanes) is 3. The number of anilines is 1. The van der Waals surface area contributed by atoms with Crippen LogP contribution in [0.5, 0.6) is 0 Å². The number of benzene rings is 1. The van der Waals surface area contributed by atoms with Gasteiger partial charge in [0.2, 0.25) is 5.91 Å². The maximum Gasteiger partial charge on any atom is 0.243 e. The van der Waals surface area contributed by atoms with Crippen molar-refractivity contribution in [2.75, 3.05) is 11.9 Å². The van der Waals surface area contributed by atoms with Gasteiger partial charge in [-0.15, -0.1) is 0 Å². The first kappa shape index (κ1) is 20.4. The van der Waals surface area contributed by atoms with Crippen LogP contribution in [0.1, 0.15) is 37.7 Å². The van der Waals surface area contributed by atoms with Gasteiger partial charge in [-0.1, -0.05) is 43.2 Å². The van der Waals surface area contributed by atoms with Gasteiger partial charge in [0.25, 0.3) is 0 Å². The van der Waals surface area contributed by atoms with Crippen molar-refractivity contribution in [3.05, 3.63) is 60.4 Å². The Bertz CT molecular complexity index is 692. The molecule has 0 bridgehead atoms. The van der Waals surface area contributed by atoms with E-state index >= 15 is 0 Å². The fourth-order valence-electron chi connectivity index (χ4n) is 2.40. The van der Waals surface area contributed by atoms with Gasteiger partial charge in [-0.25, -0.2) is 5.48 Å². The van der Waals surface area contributed by atoms with E-state index in [1.807, 2.05) is 42.5 Å². The summed E-state index contributed by atoms with van der Waals surface area (Å²) in [6.45, 7) is 1.04. The topological polar surface area (TPSA) is 102 Å². The van der Waals surface area contributed by atoms with Gasteiger partial charge in [0.15, 0.2) is 5.96 Å². The Balaban J connectivity index is 1.45. The number of nitrogens with two attached hydrogens (primary N) is 1. The van der Waals surface area contributed by atoms with Crippen LogP contribution >= 0.6 is 0 Å². The maximum absolute atomic E-state index is 11.7. The van der Waals surface area contributed by atoms with Crippen molar-refractivity contribution in [2.45, 2.75) is 38.7 Å². The lowest BCUT2D eigenvalue weighted by Crippen LogP contribution is -2.23. The number of pyridine rings is 1. The molecule has 1 heterocycles. The Morgan fingerprint density at radius 2 is 1.78 bits per heavy atom. The monoisotopic (exact) mass is 369 g/mol. The second-order valence-electron chi connectivity index (χ2n) is 6.09.